The number of nitrogens with zero attached hydrogens (tertiary/aromatic N) is 1. The second-order valence-corrected chi connectivity index (χ2v) is 6.20. The molecular formula is C23H19N3O4. The number of hydrogen-bond donors (Lipinski definition) is 2. The fraction of sp³-hybridized carbons (Fsp3) is 0.0870. The Morgan fingerprint density at radius 1 is 0.933 bits per heavy atom. The Kier molecular flexibility index (Phi) is 6.64. The van der Waals surface area contributed by atoms with Gasteiger partial charge in [-0.1, -0.05) is 18.2 Å². The van der Waals surface area contributed by atoms with E-state index < -0.39 is 5.91 Å². The van der Waals surface area contributed by atoms with Crippen molar-refractivity contribution in [1.82, 2.24) is 0 Å². The van der Waals surface area contributed by atoms with Crippen molar-refractivity contribution < 1.29 is 19.1 Å². The predicted molar refractivity (Wildman–Crippen MR) is 113 cm³/mol. The summed E-state index contributed by atoms with van der Waals surface area (Å²) in [6, 6.07) is 22.1. The van der Waals surface area contributed by atoms with E-state index in [1.807, 2.05) is 6.07 Å². The summed E-state index contributed by atoms with van der Waals surface area (Å²) < 4.78 is 10.6. The molecule has 0 spiro atoms. The highest BCUT2D eigenvalue weighted by Gasteiger charge is 2.14. The van der Waals surface area contributed by atoms with Crippen molar-refractivity contribution in [3.8, 4) is 17.6 Å². The smallest absolute Gasteiger partial charge is 0.262 e. The molecule has 0 saturated heterocycles. The summed E-state index contributed by atoms with van der Waals surface area (Å²) in [7, 11) is 1.55. The minimum Gasteiger partial charge on any atom is -0.497 e. The quantitative estimate of drug-likeness (QED) is 0.627. The van der Waals surface area contributed by atoms with E-state index in [4.69, 9.17) is 14.7 Å². The number of amides is 2. The molecule has 3 rings (SSSR count). The van der Waals surface area contributed by atoms with Gasteiger partial charge in [-0.2, -0.15) is 5.26 Å². The summed E-state index contributed by atoms with van der Waals surface area (Å²) in [5.41, 5.74) is 1.76. The van der Waals surface area contributed by atoms with Gasteiger partial charge in [-0.05, 0) is 48.5 Å². The lowest BCUT2D eigenvalue weighted by atomic mass is 10.1. The summed E-state index contributed by atoms with van der Waals surface area (Å²) in [6.45, 7) is -0.238. The molecule has 7 heteroatoms. The largest absolute Gasteiger partial charge is 0.497 e. The van der Waals surface area contributed by atoms with Crippen LogP contribution in [0.25, 0.3) is 0 Å². The molecule has 2 N–H and O–H groups in total. The average Bonchev–Trinajstić information content (AvgIpc) is 2.78. The molecule has 3 aromatic carbocycles. The third-order valence-electron chi connectivity index (χ3n) is 4.13. The molecule has 0 aromatic heterocycles. The lowest BCUT2D eigenvalue weighted by molar-refractivity contribution is -0.118. The van der Waals surface area contributed by atoms with Crippen molar-refractivity contribution in [2.75, 3.05) is 24.4 Å². The zero-order valence-electron chi connectivity index (χ0n) is 16.2. The van der Waals surface area contributed by atoms with Gasteiger partial charge < -0.3 is 20.1 Å². The van der Waals surface area contributed by atoms with E-state index in [9.17, 15) is 9.59 Å². The summed E-state index contributed by atoms with van der Waals surface area (Å²) >= 11 is 0. The van der Waals surface area contributed by atoms with Crippen LogP contribution in [0.2, 0.25) is 0 Å². The first-order chi connectivity index (χ1) is 14.6. The lowest BCUT2D eigenvalue weighted by Gasteiger charge is -2.12. The van der Waals surface area contributed by atoms with Crippen LogP contribution >= 0.6 is 0 Å². The first-order valence-electron chi connectivity index (χ1n) is 9.06. The van der Waals surface area contributed by atoms with Crippen molar-refractivity contribution in [2.24, 2.45) is 0 Å². The number of carbonyl (C=O) groups excluding carboxylic acids is 2. The van der Waals surface area contributed by atoms with E-state index in [1.165, 1.54) is 0 Å². The van der Waals surface area contributed by atoms with Crippen LogP contribution in [0.3, 0.4) is 0 Å². The molecule has 0 atom stereocenters. The number of rotatable bonds is 7. The number of hydrogen-bond acceptors (Lipinski definition) is 5. The van der Waals surface area contributed by atoms with Crippen LogP contribution in [0.5, 0.6) is 11.5 Å². The van der Waals surface area contributed by atoms with E-state index >= 15 is 0 Å². The molecular weight excluding hydrogens is 382 g/mol. The summed E-state index contributed by atoms with van der Waals surface area (Å²) in [5, 5.41) is 14.3. The molecule has 0 unspecified atom stereocenters. The number of anilines is 2. The number of benzene rings is 3. The van der Waals surface area contributed by atoms with Gasteiger partial charge in [-0.25, -0.2) is 0 Å². The Morgan fingerprint density at radius 2 is 1.70 bits per heavy atom. The third-order valence-corrected chi connectivity index (χ3v) is 4.13. The molecule has 0 fully saturated rings. The van der Waals surface area contributed by atoms with Crippen LogP contribution < -0.4 is 20.1 Å². The summed E-state index contributed by atoms with van der Waals surface area (Å²) in [5.74, 6) is 0.302. The molecule has 30 heavy (non-hydrogen) atoms. The fourth-order valence-corrected chi connectivity index (χ4v) is 2.65. The molecule has 2 amide bonds. The topological polar surface area (TPSA) is 100 Å². The zero-order chi connectivity index (χ0) is 21.3. The van der Waals surface area contributed by atoms with Gasteiger partial charge in [0.25, 0.3) is 11.8 Å². The van der Waals surface area contributed by atoms with Crippen LogP contribution in [0.1, 0.15) is 15.9 Å². The van der Waals surface area contributed by atoms with E-state index in [0.717, 1.165) is 0 Å². The zero-order valence-corrected chi connectivity index (χ0v) is 16.2. The monoisotopic (exact) mass is 401 g/mol. The highest BCUT2D eigenvalue weighted by Crippen LogP contribution is 2.20. The highest BCUT2D eigenvalue weighted by atomic mass is 16.5. The van der Waals surface area contributed by atoms with Crippen molar-refractivity contribution in [3.05, 3.63) is 83.9 Å². The van der Waals surface area contributed by atoms with Crippen LogP contribution in [0, 0.1) is 11.3 Å². The van der Waals surface area contributed by atoms with Crippen LogP contribution in [-0.4, -0.2) is 25.5 Å². The Balaban J connectivity index is 1.64. The number of para-hydroxylation sites is 1. The van der Waals surface area contributed by atoms with Gasteiger partial charge >= 0.3 is 0 Å². The Labute approximate surface area is 173 Å². The lowest BCUT2D eigenvalue weighted by Crippen LogP contribution is -2.22. The number of methoxy groups -OCH3 is 1. The van der Waals surface area contributed by atoms with E-state index in [1.54, 1.807) is 79.9 Å². The minimum atomic E-state index is -0.416. The van der Waals surface area contributed by atoms with Crippen molar-refractivity contribution in [2.45, 2.75) is 0 Å². The maximum Gasteiger partial charge on any atom is 0.262 e. The number of carbonyl (C=O) groups is 2. The molecule has 0 saturated carbocycles. The maximum absolute atomic E-state index is 12.7. The van der Waals surface area contributed by atoms with Crippen LogP contribution in [0.15, 0.2) is 72.8 Å². The van der Waals surface area contributed by atoms with Crippen molar-refractivity contribution >= 4 is 23.2 Å². The molecule has 0 aliphatic heterocycles. The molecule has 0 aliphatic carbocycles. The molecule has 0 bridgehead atoms. The molecule has 7 nitrogen and oxygen atoms in total. The van der Waals surface area contributed by atoms with Gasteiger partial charge in [-0.15, -0.1) is 0 Å². The number of nitriles is 1. The third kappa shape index (κ3) is 5.36. The molecule has 3 aromatic rings. The minimum absolute atomic E-state index is 0.238. The summed E-state index contributed by atoms with van der Waals surface area (Å²) in [6.07, 6.45) is 0. The number of ether oxygens (including phenoxy) is 2. The van der Waals surface area contributed by atoms with Gasteiger partial charge in [0.2, 0.25) is 0 Å². The van der Waals surface area contributed by atoms with Crippen molar-refractivity contribution in [1.29, 1.82) is 5.26 Å². The Bertz CT molecular complexity index is 1090. The highest BCUT2D eigenvalue weighted by molar-refractivity contribution is 6.10. The second-order valence-electron chi connectivity index (χ2n) is 6.20. The molecule has 0 radical (unpaired) electrons. The van der Waals surface area contributed by atoms with Gasteiger partial charge in [-0.3, -0.25) is 9.59 Å². The SMILES string of the molecule is COc1cccc(NC(=O)c2ccccc2NC(=O)COc2ccc(C#N)cc2)c1. The molecule has 150 valence electrons. The van der Waals surface area contributed by atoms with Gasteiger partial charge in [0, 0.05) is 11.8 Å². The first-order valence-corrected chi connectivity index (χ1v) is 9.06. The van der Waals surface area contributed by atoms with Gasteiger partial charge in [0.15, 0.2) is 6.61 Å². The Morgan fingerprint density at radius 3 is 2.43 bits per heavy atom. The Hall–Kier alpha value is -4.31. The molecule has 0 heterocycles. The second kappa shape index (κ2) is 9.75. The van der Waals surface area contributed by atoms with E-state index in [0.29, 0.717) is 34.0 Å². The van der Waals surface area contributed by atoms with Gasteiger partial charge in [0.05, 0.1) is 30.0 Å². The van der Waals surface area contributed by atoms with Crippen LogP contribution in [0.4, 0.5) is 11.4 Å². The summed E-state index contributed by atoms with van der Waals surface area (Å²) in [4.78, 5) is 25.0. The average molecular weight is 401 g/mol. The maximum atomic E-state index is 12.7. The van der Waals surface area contributed by atoms with Gasteiger partial charge in [0.1, 0.15) is 11.5 Å². The van der Waals surface area contributed by atoms with E-state index in [2.05, 4.69) is 10.6 Å². The fourth-order valence-electron chi connectivity index (χ4n) is 2.65. The standard InChI is InChI=1S/C23H19N3O4/c1-29-19-6-4-5-17(13-19)25-23(28)20-7-2-3-8-21(20)26-22(27)15-30-18-11-9-16(14-24)10-12-18/h2-13H,15H2,1H3,(H,25,28)(H,26,27). The predicted octanol–water partition coefficient (Wildman–Crippen LogP) is 3.84. The van der Waals surface area contributed by atoms with E-state index in [-0.39, 0.29) is 12.5 Å². The normalized spacial score (nSPS) is 9.87. The first kappa shape index (κ1) is 20.4. The van der Waals surface area contributed by atoms with Crippen molar-refractivity contribution in [3.63, 3.8) is 0 Å². The van der Waals surface area contributed by atoms with Crippen LogP contribution in [-0.2, 0) is 4.79 Å². The number of nitrogens with one attached hydrogen (secondary N) is 2. The molecule has 0 aliphatic rings.